The monoisotopic (exact) mass is 444 g/mol. The third-order valence-corrected chi connectivity index (χ3v) is 5.35. The number of hydrogen-bond donors (Lipinski definition) is 4. The molecule has 0 bridgehead atoms. The molecule has 0 saturated carbocycles. The molecule has 4 heterocycles. The molecule has 1 aliphatic heterocycles. The Bertz CT molecular complexity index is 1230. The van der Waals surface area contributed by atoms with Crippen LogP contribution in [-0.4, -0.2) is 52.2 Å². The number of aromatic nitrogens is 5. The first-order chi connectivity index (χ1) is 15.1. The van der Waals surface area contributed by atoms with E-state index in [0.29, 0.717) is 33.4 Å². The summed E-state index contributed by atoms with van der Waals surface area (Å²) in [5.41, 5.74) is 1.75. The van der Waals surface area contributed by atoms with E-state index in [1.165, 1.54) is 23.3 Å². The molecule has 0 amide bonds. The molecule has 0 unspecified atom stereocenters. The van der Waals surface area contributed by atoms with E-state index in [9.17, 15) is 10.2 Å². The van der Waals surface area contributed by atoms with Gasteiger partial charge in [0.25, 0.3) is 0 Å². The van der Waals surface area contributed by atoms with Gasteiger partial charge in [-0.1, -0.05) is 28.9 Å². The number of aliphatic hydroxyl groups excluding tert-OH is 3. The quantitative estimate of drug-likeness (QED) is 0.358. The Morgan fingerprint density at radius 1 is 1.13 bits per heavy atom. The number of rotatable bonds is 5. The summed E-state index contributed by atoms with van der Waals surface area (Å²) in [4.78, 5) is 12.8. The number of benzene rings is 1. The van der Waals surface area contributed by atoms with Gasteiger partial charge in [0.1, 0.15) is 30.3 Å². The molecule has 1 aromatic carbocycles. The maximum Gasteiger partial charge on any atom is 0.168 e. The van der Waals surface area contributed by atoms with E-state index in [2.05, 4.69) is 25.4 Å². The van der Waals surface area contributed by atoms with Crippen molar-refractivity contribution in [3.8, 4) is 0 Å². The Labute approximate surface area is 179 Å². The minimum Gasteiger partial charge on any atom is -0.390 e. The molecule has 4 N–H and O–H groups in total. The first-order valence-electron chi connectivity index (χ1n) is 9.34. The van der Waals surface area contributed by atoms with Crippen LogP contribution in [0.15, 0.2) is 47.5 Å². The van der Waals surface area contributed by atoms with Gasteiger partial charge in [0.15, 0.2) is 29.0 Å². The zero-order chi connectivity index (χ0) is 21.5. The van der Waals surface area contributed by atoms with Crippen LogP contribution >= 0.6 is 11.6 Å². The van der Waals surface area contributed by atoms with Crippen LogP contribution in [0.25, 0.3) is 11.2 Å². The van der Waals surface area contributed by atoms with Gasteiger partial charge >= 0.3 is 0 Å². The molecule has 5 rings (SSSR count). The maximum absolute atomic E-state index is 10.6. The first kappa shape index (κ1) is 19.8. The number of para-hydroxylation sites is 1. The Hall–Kier alpha value is -3.09. The van der Waals surface area contributed by atoms with Gasteiger partial charge in [-0.3, -0.25) is 4.57 Å². The second-order valence-electron chi connectivity index (χ2n) is 6.96. The van der Waals surface area contributed by atoms with Gasteiger partial charge in [0.2, 0.25) is 0 Å². The zero-order valence-electron chi connectivity index (χ0n) is 15.8. The second-order valence-corrected chi connectivity index (χ2v) is 7.37. The number of nitrogens with one attached hydrogen (secondary N) is 1. The Morgan fingerprint density at radius 2 is 1.97 bits per heavy atom. The van der Waals surface area contributed by atoms with Crippen molar-refractivity contribution in [2.45, 2.75) is 31.1 Å². The molecule has 1 aliphatic rings. The molecule has 11 nitrogen and oxygen atoms in total. The van der Waals surface area contributed by atoms with Gasteiger partial charge in [0.05, 0.1) is 23.6 Å². The fourth-order valence-corrected chi connectivity index (χ4v) is 3.66. The topological polar surface area (TPSA) is 152 Å². The Morgan fingerprint density at radius 3 is 2.74 bits per heavy atom. The van der Waals surface area contributed by atoms with E-state index >= 15 is 0 Å². The minimum absolute atomic E-state index is 0.193. The molecule has 0 radical (unpaired) electrons. The smallest absolute Gasteiger partial charge is 0.168 e. The fraction of sp³-hybridized carbons (Fsp3) is 0.263. The lowest BCUT2D eigenvalue weighted by Crippen LogP contribution is -2.28. The lowest BCUT2D eigenvalue weighted by atomic mass is 10.1. The molecule has 0 spiro atoms. The highest BCUT2D eigenvalue weighted by Crippen LogP contribution is 2.40. The van der Waals surface area contributed by atoms with Crippen molar-refractivity contribution >= 4 is 34.3 Å². The van der Waals surface area contributed by atoms with Gasteiger partial charge in [-0.2, -0.15) is 0 Å². The number of hydrogen-bond acceptors (Lipinski definition) is 10. The van der Waals surface area contributed by atoms with E-state index in [0.717, 1.165) is 0 Å². The number of aliphatic hydroxyl groups is 3. The third kappa shape index (κ3) is 3.42. The number of nitrogens with zero attached hydrogens (tertiary/aromatic N) is 5. The zero-order valence-corrected chi connectivity index (χ0v) is 16.6. The van der Waals surface area contributed by atoms with Crippen LogP contribution in [0.4, 0.5) is 11.5 Å². The van der Waals surface area contributed by atoms with Crippen molar-refractivity contribution < 1.29 is 24.6 Å². The van der Waals surface area contributed by atoms with Crippen LogP contribution < -0.4 is 5.32 Å². The molecule has 0 aliphatic carbocycles. The van der Waals surface area contributed by atoms with Gasteiger partial charge in [0, 0.05) is 6.07 Å². The highest BCUT2D eigenvalue weighted by Gasteiger charge is 2.46. The standard InChI is InChI=1S/C19H17ClN6O5/c20-10-3-1-2-4-11(10)24-17-13-18(22-7-21-17)26(8-23-13)19-15(29)14(28)16(30-19)12-5-9(6-27)25-31-12/h1-5,7-8,14-16,19,27-29H,6H2,(H,21,22,24)/t14-,15+,16+,19+/m0/s1. The average molecular weight is 445 g/mol. The van der Waals surface area contributed by atoms with E-state index in [-0.39, 0.29) is 12.4 Å². The van der Waals surface area contributed by atoms with Crippen molar-refractivity contribution in [1.82, 2.24) is 24.7 Å². The number of fused-ring (bicyclic) bond motifs is 1. The molecule has 1 saturated heterocycles. The number of halogens is 1. The predicted octanol–water partition coefficient (Wildman–Crippen LogP) is 1.70. The largest absolute Gasteiger partial charge is 0.390 e. The van der Waals surface area contributed by atoms with Crippen molar-refractivity contribution in [3.63, 3.8) is 0 Å². The molecule has 160 valence electrons. The van der Waals surface area contributed by atoms with Crippen LogP contribution in [0.5, 0.6) is 0 Å². The average Bonchev–Trinajstić information content (AvgIpc) is 3.49. The number of ether oxygens (including phenoxy) is 1. The molecule has 31 heavy (non-hydrogen) atoms. The molecular formula is C19H17ClN6O5. The molecule has 1 fully saturated rings. The van der Waals surface area contributed by atoms with Crippen molar-refractivity contribution in [2.24, 2.45) is 0 Å². The third-order valence-electron chi connectivity index (χ3n) is 5.02. The summed E-state index contributed by atoms with van der Waals surface area (Å²) >= 11 is 6.21. The highest BCUT2D eigenvalue weighted by atomic mass is 35.5. The second kappa shape index (κ2) is 7.87. The summed E-state index contributed by atoms with van der Waals surface area (Å²) in [7, 11) is 0. The van der Waals surface area contributed by atoms with E-state index in [4.69, 9.17) is 26.0 Å². The number of anilines is 2. The molecular weight excluding hydrogens is 428 g/mol. The van der Waals surface area contributed by atoms with Gasteiger partial charge in [-0.05, 0) is 12.1 Å². The molecule has 4 atom stereocenters. The summed E-state index contributed by atoms with van der Waals surface area (Å²) in [5, 5.41) is 37.6. The summed E-state index contributed by atoms with van der Waals surface area (Å²) < 4.78 is 12.5. The molecule has 12 heteroatoms. The maximum atomic E-state index is 10.6. The van der Waals surface area contributed by atoms with Crippen LogP contribution in [0.2, 0.25) is 5.02 Å². The predicted molar refractivity (Wildman–Crippen MR) is 107 cm³/mol. The van der Waals surface area contributed by atoms with Crippen LogP contribution in [0, 0.1) is 0 Å². The summed E-state index contributed by atoms with van der Waals surface area (Å²) in [6.07, 6.45) is -1.76. The van der Waals surface area contributed by atoms with Gasteiger partial charge in [-0.25, -0.2) is 15.0 Å². The number of imidazole rings is 1. The summed E-state index contributed by atoms with van der Waals surface area (Å²) in [6.45, 7) is -0.317. The van der Waals surface area contributed by atoms with Crippen LogP contribution in [0.3, 0.4) is 0 Å². The van der Waals surface area contributed by atoms with E-state index in [1.807, 2.05) is 12.1 Å². The SMILES string of the molecule is OCc1cc([C@H]2O[C@@H](n3cnc4c(Nc5ccccc5Cl)ncnc43)[C@H](O)[C@@H]2O)on1. The Balaban J connectivity index is 1.47. The van der Waals surface area contributed by atoms with Crippen molar-refractivity contribution in [1.29, 1.82) is 0 Å². The van der Waals surface area contributed by atoms with Crippen molar-refractivity contribution in [2.75, 3.05) is 5.32 Å². The lowest BCUT2D eigenvalue weighted by molar-refractivity contribution is -0.0434. The van der Waals surface area contributed by atoms with Crippen LogP contribution in [-0.2, 0) is 11.3 Å². The van der Waals surface area contributed by atoms with Gasteiger partial charge in [-0.15, -0.1) is 0 Å². The van der Waals surface area contributed by atoms with E-state index in [1.54, 1.807) is 12.1 Å². The van der Waals surface area contributed by atoms with Crippen molar-refractivity contribution in [3.05, 3.63) is 59.5 Å². The first-order valence-corrected chi connectivity index (χ1v) is 9.71. The molecule has 4 aromatic rings. The summed E-state index contributed by atoms with van der Waals surface area (Å²) in [6, 6.07) is 8.66. The molecule has 3 aromatic heterocycles. The Kier molecular flexibility index (Phi) is 5.04. The highest BCUT2D eigenvalue weighted by molar-refractivity contribution is 6.33. The van der Waals surface area contributed by atoms with Gasteiger partial charge < -0.3 is 29.9 Å². The van der Waals surface area contributed by atoms with Crippen LogP contribution in [0.1, 0.15) is 23.8 Å². The fourth-order valence-electron chi connectivity index (χ4n) is 3.48. The normalized spacial score (nSPS) is 23.5. The summed E-state index contributed by atoms with van der Waals surface area (Å²) in [5.74, 6) is 0.613. The van der Waals surface area contributed by atoms with E-state index < -0.39 is 24.5 Å². The lowest BCUT2D eigenvalue weighted by Gasteiger charge is -2.16. The minimum atomic E-state index is -1.29.